The maximum absolute atomic E-state index is 13.1. The van der Waals surface area contributed by atoms with Crippen molar-refractivity contribution in [1.82, 2.24) is 5.32 Å². The standard InChI is InChI=1S/C22H22N2O5/c1-22-17(18(22)21(27)24-14-7-5-4-6-13(14)19(22)25)20(26)23-11-12-8-9-15(28-2)16(10-12)29-3/h4-10,17-18H,11H2,1-3H3,(H,23,26)(H,24,27)/t17-,18+,22+/m0/s1. The van der Waals surface area contributed by atoms with Crippen LogP contribution in [0.15, 0.2) is 42.5 Å². The van der Waals surface area contributed by atoms with Gasteiger partial charge >= 0.3 is 0 Å². The summed E-state index contributed by atoms with van der Waals surface area (Å²) >= 11 is 0. The fourth-order valence-electron chi connectivity index (χ4n) is 4.22. The van der Waals surface area contributed by atoms with Gasteiger partial charge in [-0.2, -0.15) is 0 Å². The third kappa shape index (κ3) is 2.93. The number of hydrogen-bond acceptors (Lipinski definition) is 5. The van der Waals surface area contributed by atoms with Crippen molar-refractivity contribution in [3.05, 3.63) is 53.6 Å². The molecule has 0 spiro atoms. The number of anilines is 1. The average Bonchev–Trinajstić information content (AvgIpc) is 3.39. The number of amides is 2. The quantitative estimate of drug-likeness (QED) is 0.812. The second kappa shape index (κ2) is 6.92. The normalized spacial score (nSPS) is 24.5. The van der Waals surface area contributed by atoms with Crippen molar-refractivity contribution in [3.63, 3.8) is 0 Å². The maximum atomic E-state index is 13.1. The van der Waals surface area contributed by atoms with Gasteiger partial charge in [0.2, 0.25) is 11.8 Å². The molecular weight excluding hydrogens is 372 g/mol. The smallest absolute Gasteiger partial charge is 0.229 e. The van der Waals surface area contributed by atoms with Crippen molar-refractivity contribution in [2.45, 2.75) is 13.5 Å². The molecule has 4 rings (SSSR count). The van der Waals surface area contributed by atoms with Gasteiger partial charge in [-0.15, -0.1) is 0 Å². The minimum atomic E-state index is -1.03. The monoisotopic (exact) mass is 394 g/mol. The van der Waals surface area contributed by atoms with Crippen LogP contribution in [-0.4, -0.2) is 31.8 Å². The van der Waals surface area contributed by atoms with E-state index in [1.54, 1.807) is 57.5 Å². The summed E-state index contributed by atoms with van der Waals surface area (Å²) < 4.78 is 10.5. The minimum absolute atomic E-state index is 0.178. The SMILES string of the molecule is COc1ccc(CNC(=O)[C@@H]2[C@@H]3C(=O)Nc4ccccc4C(=O)[C@]23C)cc1OC. The van der Waals surface area contributed by atoms with Crippen LogP contribution in [0.1, 0.15) is 22.8 Å². The van der Waals surface area contributed by atoms with E-state index in [9.17, 15) is 14.4 Å². The summed E-state index contributed by atoms with van der Waals surface area (Å²) in [5.74, 6) is -0.985. The molecule has 1 saturated carbocycles. The fourth-order valence-corrected chi connectivity index (χ4v) is 4.22. The molecule has 1 heterocycles. The largest absolute Gasteiger partial charge is 0.493 e. The number of hydrogen-bond donors (Lipinski definition) is 2. The fraction of sp³-hybridized carbons (Fsp3) is 0.318. The predicted molar refractivity (Wildman–Crippen MR) is 106 cm³/mol. The van der Waals surface area contributed by atoms with Crippen LogP contribution in [0.3, 0.4) is 0 Å². The number of fused-ring (bicyclic) bond motifs is 2. The number of Topliss-reactive ketones (excluding diaryl/α,β-unsaturated/α-hetero) is 1. The van der Waals surface area contributed by atoms with Gasteiger partial charge in [0.1, 0.15) is 0 Å². The molecule has 3 atom stereocenters. The van der Waals surface area contributed by atoms with Crippen molar-refractivity contribution < 1.29 is 23.9 Å². The molecule has 2 N–H and O–H groups in total. The Labute approximate surface area is 168 Å². The van der Waals surface area contributed by atoms with Gasteiger partial charge in [0.25, 0.3) is 0 Å². The number of rotatable bonds is 5. The van der Waals surface area contributed by atoms with E-state index in [0.717, 1.165) is 5.56 Å². The van der Waals surface area contributed by atoms with E-state index in [0.29, 0.717) is 22.7 Å². The summed E-state index contributed by atoms with van der Waals surface area (Å²) in [6, 6.07) is 12.3. The number of ether oxygens (including phenoxy) is 2. The first-order valence-corrected chi connectivity index (χ1v) is 9.35. The van der Waals surface area contributed by atoms with E-state index in [4.69, 9.17) is 9.47 Å². The van der Waals surface area contributed by atoms with Gasteiger partial charge in [0.05, 0.1) is 37.2 Å². The Morgan fingerprint density at radius 2 is 1.83 bits per heavy atom. The van der Waals surface area contributed by atoms with Gasteiger partial charge < -0.3 is 20.1 Å². The molecule has 1 aliphatic carbocycles. The van der Waals surface area contributed by atoms with Crippen molar-refractivity contribution in [2.75, 3.05) is 19.5 Å². The Balaban J connectivity index is 1.51. The van der Waals surface area contributed by atoms with Crippen molar-refractivity contribution in [2.24, 2.45) is 17.3 Å². The molecule has 1 fully saturated rings. The molecule has 2 aromatic carbocycles. The van der Waals surface area contributed by atoms with Gasteiger partial charge in [0.15, 0.2) is 17.3 Å². The number of carbonyl (C=O) groups excluding carboxylic acids is 3. The van der Waals surface area contributed by atoms with Crippen LogP contribution >= 0.6 is 0 Å². The molecular formula is C22H22N2O5. The van der Waals surface area contributed by atoms with E-state index in [-0.39, 0.29) is 24.1 Å². The zero-order chi connectivity index (χ0) is 20.8. The first-order chi connectivity index (χ1) is 13.9. The summed E-state index contributed by atoms with van der Waals surface area (Å²) in [6.45, 7) is 1.95. The molecule has 29 heavy (non-hydrogen) atoms. The minimum Gasteiger partial charge on any atom is -0.493 e. The van der Waals surface area contributed by atoms with Crippen molar-refractivity contribution >= 4 is 23.3 Å². The number of nitrogens with one attached hydrogen (secondary N) is 2. The highest BCUT2D eigenvalue weighted by atomic mass is 16.5. The van der Waals surface area contributed by atoms with Crippen LogP contribution < -0.4 is 20.1 Å². The maximum Gasteiger partial charge on any atom is 0.229 e. The average molecular weight is 394 g/mol. The molecule has 2 aliphatic rings. The number of methoxy groups -OCH3 is 2. The summed E-state index contributed by atoms with van der Waals surface area (Å²) in [7, 11) is 3.10. The van der Waals surface area contributed by atoms with Crippen LogP contribution in [0.2, 0.25) is 0 Å². The summed E-state index contributed by atoms with van der Waals surface area (Å²) in [5, 5.41) is 5.63. The predicted octanol–water partition coefficient (Wildman–Crippen LogP) is 2.41. The van der Waals surface area contributed by atoms with Crippen LogP contribution in [0.25, 0.3) is 0 Å². The Hall–Kier alpha value is -3.35. The molecule has 0 bridgehead atoms. The topological polar surface area (TPSA) is 93.7 Å². The van der Waals surface area contributed by atoms with Crippen LogP contribution in [0, 0.1) is 17.3 Å². The Morgan fingerprint density at radius 3 is 2.55 bits per heavy atom. The molecule has 0 radical (unpaired) electrons. The molecule has 150 valence electrons. The van der Waals surface area contributed by atoms with Gasteiger partial charge in [-0.05, 0) is 29.8 Å². The van der Waals surface area contributed by atoms with E-state index in [1.165, 1.54) is 0 Å². The van der Waals surface area contributed by atoms with Crippen molar-refractivity contribution in [3.8, 4) is 11.5 Å². The first-order valence-electron chi connectivity index (χ1n) is 9.35. The second-order valence-corrected chi connectivity index (χ2v) is 7.51. The highest BCUT2D eigenvalue weighted by Crippen LogP contribution is 2.62. The third-order valence-corrected chi connectivity index (χ3v) is 5.91. The lowest BCUT2D eigenvalue weighted by molar-refractivity contribution is -0.125. The van der Waals surface area contributed by atoms with Gasteiger partial charge in [0, 0.05) is 12.1 Å². The molecule has 0 saturated heterocycles. The zero-order valence-corrected chi connectivity index (χ0v) is 16.4. The van der Waals surface area contributed by atoms with E-state index in [2.05, 4.69) is 10.6 Å². The van der Waals surface area contributed by atoms with E-state index in [1.807, 2.05) is 6.07 Å². The molecule has 0 unspecified atom stereocenters. The van der Waals surface area contributed by atoms with Crippen LogP contribution in [-0.2, 0) is 16.1 Å². The van der Waals surface area contributed by atoms with Gasteiger partial charge in [-0.1, -0.05) is 25.1 Å². The second-order valence-electron chi connectivity index (χ2n) is 7.51. The number of benzene rings is 2. The van der Waals surface area contributed by atoms with Crippen LogP contribution in [0.5, 0.6) is 11.5 Å². The first kappa shape index (κ1) is 19.0. The van der Waals surface area contributed by atoms with Crippen LogP contribution in [0.4, 0.5) is 5.69 Å². The highest BCUT2D eigenvalue weighted by Gasteiger charge is 2.73. The van der Waals surface area contributed by atoms with Gasteiger partial charge in [-0.3, -0.25) is 14.4 Å². The lowest BCUT2D eigenvalue weighted by Crippen LogP contribution is -2.29. The number of carbonyl (C=O) groups is 3. The summed E-state index contributed by atoms with van der Waals surface area (Å²) in [5.41, 5.74) is 0.739. The molecule has 1 aliphatic heterocycles. The van der Waals surface area contributed by atoms with E-state index < -0.39 is 17.3 Å². The number of para-hydroxylation sites is 1. The summed E-state index contributed by atoms with van der Waals surface area (Å²) in [6.07, 6.45) is 0. The molecule has 7 nitrogen and oxygen atoms in total. The third-order valence-electron chi connectivity index (χ3n) is 5.91. The lowest BCUT2D eigenvalue weighted by atomic mass is 9.92. The zero-order valence-electron chi connectivity index (χ0n) is 16.4. The van der Waals surface area contributed by atoms with E-state index >= 15 is 0 Å². The van der Waals surface area contributed by atoms with Gasteiger partial charge in [-0.25, -0.2) is 0 Å². The molecule has 7 heteroatoms. The lowest BCUT2D eigenvalue weighted by Gasteiger charge is -2.13. The number of ketones is 1. The molecule has 0 aromatic heterocycles. The highest BCUT2D eigenvalue weighted by molar-refractivity contribution is 6.19. The van der Waals surface area contributed by atoms with Crippen molar-refractivity contribution in [1.29, 1.82) is 0 Å². The Morgan fingerprint density at radius 1 is 1.10 bits per heavy atom. The molecule has 2 amide bonds. The molecule has 2 aromatic rings. The Bertz CT molecular complexity index is 1020. The summed E-state index contributed by atoms with van der Waals surface area (Å²) in [4.78, 5) is 38.6. The Kier molecular flexibility index (Phi) is 4.53.